The van der Waals surface area contributed by atoms with Gasteiger partial charge in [0.15, 0.2) is 0 Å². The lowest BCUT2D eigenvalue weighted by atomic mass is 9.77. The number of benzene rings is 2. The maximum absolute atomic E-state index is 6.45. The highest BCUT2D eigenvalue weighted by Gasteiger charge is 2.38. The first-order valence-electron chi connectivity index (χ1n) is 7.31. The fraction of sp³-hybridized carbons (Fsp3) is 0.222. The highest BCUT2D eigenvalue weighted by molar-refractivity contribution is 9.10. The van der Waals surface area contributed by atoms with E-state index in [0.29, 0.717) is 16.9 Å². The van der Waals surface area contributed by atoms with Crippen molar-refractivity contribution >= 4 is 44.8 Å². The average Bonchev–Trinajstić information content (AvgIpc) is 2.97. The molecule has 0 radical (unpaired) electrons. The van der Waals surface area contributed by atoms with Gasteiger partial charge in [-0.25, -0.2) is 0 Å². The first-order valence-corrected chi connectivity index (χ1v) is 8.86. The maximum Gasteiger partial charge on any atom is 0.0568 e. The van der Waals surface area contributed by atoms with Crippen LogP contribution in [0.5, 0.6) is 0 Å². The smallest absolute Gasteiger partial charge is 0.0568 e. The predicted molar refractivity (Wildman–Crippen MR) is 97.0 cm³/mol. The van der Waals surface area contributed by atoms with Crippen molar-refractivity contribution in [3.05, 3.63) is 74.2 Å². The molecule has 0 spiro atoms. The van der Waals surface area contributed by atoms with E-state index in [2.05, 4.69) is 51.6 Å². The number of allylic oxidation sites excluding steroid dienone is 2. The van der Waals surface area contributed by atoms with Crippen LogP contribution in [0.1, 0.15) is 29.5 Å². The van der Waals surface area contributed by atoms with Crippen LogP contribution in [0.15, 0.2) is 53.0 Å². The second-order valence-corrected chi connectivity index (χ2v) is 7.63. The van der Waals surface area contributed by atoms with E-state index < -0.39 is 0 Å². The van der Waals surface area contributed by atoms with Crippen molar-refractivity contribution in [2.45, 2.75) is 18.4 Å². The van der Waals surface area contributed by atoms with Gasteiger partial charge < -0.3 is 5.32 Å². The highest BCUT2D eigenvalue weighted by atomic mass is 79.9. The summed E-state index contributed by atoms with van der Waals surface area (Å²) in [7, 11) is 0. The van der Waals surface area contributed by atoms with Gasteiger partial charge in [-0.2, -0.15) is 0 Å². The Morgan fingerprint density at radius 3 is 2.73 bits per heavy atom. The minimum atomic E-state index is 0.207. The summed E-state index contributed by atoms with van der Waals surface area (Å²) >= 11 is 16.1. The molecule has 4 heteroatoms. The van der Waals surface area contributed by atoms with E-state index in [1.165, 1.54) is 11.3 Å². The average molecular weight is 395 g/mol. The van der Waals surface area contributed by atoms with Gasteiger partial charge in [-0.3, -0.25) is 0 Å². The molecule has 0 saturated heterocycles. The van der Waals surface area contributed by atoms with E-state index in [0.717, 1.165) is 21.5 Å². The highest BCUT2D eigenvalue weighted by Crippen LogP contribution is 2.51. The van der Waals surface area contributed by atoms with Gasteiger partial charge in [0.25, 0.3) is 0 Å². The van der Waals surface area contributed by atoms with Crippen LogP contribution in [0.2, 0.25) is 10.0 Å². The van der Waals surface area contributed by atoms with Crippen LogP contribution in [-0.4, -0.2) is 0 Å². The van der Waals surface area contributed by atoms with E-state index in [4.69, 9.17) is 23.2 Å². The first kappa shape index (κ1) is 14.6. The van der Waals surface area contributed by atoms with Gasteiger partial charge in [0.2, 0.25) is 0 Å². The van der Waals surface area contributed by atoms with Crippen LogP contribution >= 0.6 is 39.1 Å². The third-order valence-electron chi connectivity index (χ3n) is 4.62. The quantitative estimate of drug-likeness (QED) is 0.538. The van der Waals surface area contributed by atoms with E-state index in [1.807, 2.05) is 18.2 Å². The molecule has 2 aromatic carbocycles. The molecule has 2 aliphatic rings. The zero-order chi connectivity index (χ0) is 15.3. The van der Waals surface area contributed by atoms with Crippen molar-refractivity contribution in [2.24, 2.45) is 5.92 Å². The summed E-state index contributed by atoms with van der Waals surface area (Å²) in [6.07, 6.45) is 5.67. The molecule has 1 aliphatic heterocycles. The minimum absolute atomic E-state index is 0.207. The van der Waals surface area contributed by atoms with E-state index in [9.17, 15) is 0 Å². The molecule has 0 amide bonds. The van der Waals surface area contributed by atoms with Crippen molar-refractivity contribution < 1.29 is 0 Å². The Bertz CT molecular complexity index is 772. The number of anilines is 1. The van der Waals surface area contributed by atoms with Gasteiger partial charge in [0, 0.05) is 26.1 Å². The molecule has 4 rings (SSSR count). The Hall–Kier alpha value is -0.960. The molecule has 0 fully saturated rings. The third kappa shape index (κ3) is 2.38. The molecule has 0 aromatic heterocycles. The standard InChI is InChI=1S/C18H14BrCl2N/c19-10-4-7-17-15(8-10)12-2-1-3-13(12)18(22-17)14-6-5-11(20)9-16(14)21/h1-2,4-9,12-13,18,22H,3H2/t12-,13+,18-/m1/s1. The monoisotopic (exact) mass is 393 g/mol. The molecule has 1 N–H and O–H groups in total. The summed E-state index contributed by atoms with van der Waals surface area (Å²) in [4.78, 5) is 0. The Morgan fingerprint density at radius 2 is 1.91 bits per heavy atom. The van der Waals surface area contributed by atoms with Crippen molar-refractivity contribution in [3.63, 3.8) is 0 Å². The topological polar surface area (TPSA) is 12.0 Å². The lowest BCUT2D eigenvalue weighted by Crippen LogP contribution is -2.29. The fourth-order valence-electron chi connectivity index (χ4n) is 3.63. The number of fused-ring (bicyclic) bond motifs is 3. The van der Waals surface area contributed by atoms with E-state index in [-0.39, 0.29) is 6.04 Å². The molecule has 22 heavy (non-hydrogen) atoms. The first-order chi connectivity index (χ1) is 10.6. The molecule has 1 nitrogen and oxygen atoms in total. The van der Waals surface area contributed by atoms with Crippen molar-refractivity contribution in [1.82, 2.24) is 0 Å². The molecular weight excluding hydrogens is 381 g/mol. The van der Waals surface area contributed by atoms with Crippen LogP contribution in [0.4, 0.5) is 5.69 Å². The number of rotatable bonds is 1. The minimum Gasteiger partial charge on any atom is -0.378 e. The van der Waals surface area contributed by atoms with Crippen LogP contribution in [-0.2, 0) is 0 Å². The Kier molecular flexibility index (Phi) is 3.72. The Morgan fingerprint density at radius 1 is 1.05 bits per heavy atom. The van der Waals surface area contributed by atoms with Crippen LogP contribution in [0.25, 0.3) is 0 Å². The SMILES string of the molecule is Clc1ccc([C@@H]2Nc3ccc(Br)cc3[C@@H]3C=CC[C@@H]32)c(Cl)c1. The fourth-order valence-corrected chi connectivity index (χ4v) is 4.53. The molecule has 2 aromatic rings. The molecule has 0 saturated carbocycles. The van der Waals surface area contributed by atoms with E-state index >= 15 is 0 Å². The molecule has 0 unspecified atom stereocenters. The zero-order valence-electron chi connectivity index (χ0n) is 11.7. The largest absolute Gasteiger partial charge is 0.378 e. The Balaban J connectivity index is 1.81. The van der Waals surface area contributed by atoms with Gasteiger partial charge in [0.1, 0.15) is 0 Å². The lowest BCUT2D eigenvalue weighted by Gasteiger charge is -2.38. The lowest BCUT2D eigenvalue weighted by molar-refractivity contribution is 0.425. The second-order valence-electron chi connectivity index (χ2n) is 5.87. The molecule has 112 valence electrons. The van der Waals surface area contributed by atoms with Gasteiger partial charge >= 0.3 is 0 Å². The summed E-state index contributed by atoms with van der Waals surface area (Å²) in [6.45, 7) is 0. The molecule has 3 atom stereocenters. The van der Waals surface area contributed by atoms with Crippen LogP contribution < -0.4 is 5.32 Å². The zero-order valence-corrected chi connectivity index (χ0v) is 14.8. The Labute approximate surface area is 148 Å². The van der Waals surface area contributed by atoms with Crippen molar-refractivity contribution in [1.29, 1.82) is 0 Å². The molecule has 0 bridgehead atoms. The van der Waals surface area contributed by atoms with Gasteiger partial charge in [-0.05, 0) is 53.8 Å². The van der Waals surface area contributed by atoms with Gasteiger partial charge in [-0.1, -0.05) is 57.4 Å². The number of hydrogen-bond acceptors (Lipinski definition) is 1. The van der Waals surface area contributed by atoms with Crippen LogP contribution in [0.3, 0.4) is 0 Å². The molecular formula is C18H14BrCl2N. The van der Waals surface area contributed by atoms with Gasteiger partial charge in [-0.15, -0.1) is 0 Å². The van der Waals surface area contributed by atoms with Crippen molar-refractivity contribution in [3.8, 4) is 0 Å². The second kappa shape index (κ2) is 5.59. The normalized spacial score (nSPS) is 25.5. The summed E-state index contributed by atoms with van der Waals surface area (Å²) in [6, 6.07) is 12.4. The van der Waals surface area contributed by atoms with Gasteiger partial charge in [0.05, 0.1) is 6.04 Å². The molecule has 1 heterocycles. The summed E-state index contributed by atoms with van der Waals surface area (Å²) in [5, 5.41) is 5.09. The summed E-state index contributed by atoms with van der Waals surface area (Å²) in [5.41, 5.74) is 3.67. The summed E-state index contributed by atoms with van der Waals surface area (Å²) < 4.78 is 1.12. The molecule has 1 aliphatic carbocycles. The summed E-state index contributed by atoms with van der Waals surface area (Å²) in [5.74, 6) is 0.922. The van der Waals surface area contributed by atoms with Crippen LogP contribution in [0, 0.1) is 5.92 Å². The number of nitrogens with one attached hydrogen (secondary N) is 1. The third-order valence-corrected chi connectivity index (χ3v) is 5.68. The predicted octanol–water partition coefficient (Wildman–Crippen LogP) is 6.58. The van der Waals surface area contributed by atoms with Crippen molar-refractivity contribution in [2.75, 3.05) is 5.32 Å². The van der Waals surface area contributed by atoms with E-state index in [1.54, 1.807) is 0 Å². The number of halogens is 3. The maximum atomic E-state index is 6.45. The number of hydrogen-bond donors (Lipinski definition) is 1.